The summed E-state index contributed by atoms with van der Waals surface area (Å²) in [6, 6.07) is 0.429. The molecule has 0 radical (unpaired) electrons. The molecule has 4 heteroatoms. The number of hydrogen-bond donors (Lipinski definition) is 2. The summed E-state index contributed by atoms with van der Waals surface area (Å²) in [6.07, 6.45) is 9.52. The zero-order valence-corrected chi connectivity index (χ0v) is 12.3. The van der Waals surface area contributed by atoms with Gasteiger partial charge in [-0.25, -0.2) is 0 Å². The van der Waals surface area contributed by atoms with Crippen molar-refractivity contribution in [1.82, 2.24) is 10.6 Å². The average molecular weight is 275 g/mol. The molecule has 1 unspecified atom stereocenters. The summed E-state index contributed by atoms with van der Waals surface area (Å²) in [7, 11) is 0. The van der Waals surface area contributed by atoms with Gasteiger partial charge in [0.15, 0.2) is 0 Å². The lowest BCUT2D eigenvalue weighted by Gasteiger charge is -2.42. The molecule has 2 fully saturated rings. The van der Waals surface area contributed by atoms with Crippen LogP contribution in [0.25, 0.3) is 0 Å². The van der Waals surface area contributed by atoms with Crippen molar-refractivity contribution in [3.8, 4) is 0 Å². The standard InChI is InChI=1S/C14H26N2O.ClH/c1-2-6-14(7-4-8-14)11-16-13(17)10-12-5-3-9-15-12;/h12,15H,2-11H2,1H3,(H,16,17);1H. The Balaban J connectivity index is 0.00000162. The third kappa shape index (κ3) is 4.13. The average Bonchev–Trinajstić information content (AvgIpc) is 2.74. The van der Waals surface area contributed by atoms with Crippen molar-refractivity contribution in [2.75, 3.05) is 13.1 Å². The SMILES string of the molecule is CCCC1(CNC(=O)CC2CCCN2)CCC1.Cl. The third-order valence-corrected chi connectivity index (χ3v) is 4.45. The maximum atomic E-state index is 11.8. The van der Waals surface area contributed by atoms with Gasteiger partial charge in [0.25, 0.3) is 0 Å². The summed E-state index contributed by atoms with van der Waals surface area (Å²) in [5.41, 5.74) is 0.452. The molecule has 1 saturated heterocycles. The van der Waals surface area contributed by atoms with E-state index >= 15 is 0 Å². The van der Waals surface area contributed by atoms with E-state index in [1.54, 1.807) is 0 Å². The number of rotatable bonds is 6. The van der Waals surface area contributed by atoms with Gasteiger partial charge in [0.1, 0.15) is 0 Å². The molecule has 1 aliphatic carbocycles. The van der Waals surface area contributed by atoms with E-state index in [-0.39, 0.29) is 18.3 Å². The van der Waals surface area contributed by atoms with Gasteiger partial charge in [0, 0.05) is 19.0 Å². The Hall–Kier alpha value is -0.280. The molecular formula is C14H27ClN2O. The predicted octanol–water partition coefficient (Wildman–Crippen LogP) is 2.64. The highest BCUT2D eigenvalue weighted by Crippen LogP contribution is 2.44. The molecule has 2 N–H and O–H groups in total. The zero-order chi connectivity index (χ0) is 12.1. The number of halogens is 1. The van der Waals surface area contributed by atoms with Crippen LogP contribution in [-0.2, 0) is 4.79 Å². The van der Waals surface area contributed by atoms with Gasteiger partial charge in [0.2, 0.25) is 5.91 Å². The van der Waals surface area contributed by atoms with Gasteiger partial charge in [0.05, 0.1) is 0 Å². The van der Waals surface area contributed by atoms with E-state index in [1.807, 2.05) is 0 Å². The summed E-state index contributed by atoms with van der Waals surface area (Å²) < 4.78 is 0. The molecule has 0 bridgehead atoms. The van der Waals surface area contributed by atoms with Crippen LogP contribution in [0.2, 0.25) is 0 Å². The molecule has 0 aromatic carbocycles. The van der Waals surface area contributed by atoms with Gasteiger partial charge in [-0.15, -0.1) is 12.4 Å². The molecule has 3 nitrogen and oxygen atoms in total. The zero-order valence-electron chi connectivity index (χ0n) is 11.5. The third-order valence-electron chi connectivity index (χ3n) is 4.45. The lowest BCUT2D eigenvalue weighted by Crippen LogP contribution is -2.43. The highest BCUT2D eigenvalue weighted by Gasteiger charge is 2.36. The van der Waals surface area contributed by atoms with Gasteiger partial charge < -0.3 is 10.6 Å². The highest BCUT2D eigenvalue weighted by atomic mass is 35.5. The fourth-order valence-corrected chi connectivity index (χ4v) is 3.24. The smallest absolute Gasteiger partial charge is 0.221 e. The van der Waals surface area contributed by atoms with E-state index in [1.165, 1.54) is 38.5 Å². The van der Waals surface area contributed by atoms with Crippen molar-refractivity contribution in [1.29, 1.82) is 0 Å². The first-order valence-electron chi connectivity index (χ1n) is 7.24. The van der Waals surface area contributed by atoms with Crippen LogP contribution in [-0.4, -0.2) is 25.0 Å². The maximum Gasteiger partial charge on any atom is 0.221 e. The van der Waals surface area contributed by atoms with Crippen LogP contribution >= 0.6 is 12.4 Å². The van der Waals surface area contributed by atoms with Crippen molar-refractivity contribution >= 4 is 18.3 Å². The lowest BCUT2D eigenvalue weighted by atomic mass is 9.66. The minimum absolute atomic E-state index is 0. The molecule has 2 rings (SSSR count). The summed E-state index contributed by atoms with van der Waals surface area (Å²) >= 11 is 0. The molecule has 1 heterocycles. The Labute approximate surface area is 117 Å². The molecular weight excluding hydrogens is 248 g/mol. The fourth-order valence-electron chi connectivity index (χ4n) is 3.24. The van der Waals surface area contributed by atoms with Gasteiger partial charge in [-0.2, -0.15) is 0 Å². The first-order chi connectivity index (χ1) is 8.24. The lowest BCUT2D eigenvalue weighted by molar-refractivity contribution is -0.122. The molecule has 0 aromatic heterocycles. The van der Waals surface area contributed by atoms with Crippen molar-refractivity contribution < 1.29 is 4.79 Å². The number of nitrogens with one attached hydrogen (secondary N) is 2. The van der Waals surface area contributed by atoms with Crippen LogP contribution in [0.5, 0.6) is 0 Å². The summed E-state index contributed by atoms with van der Waals surface area (Å²) in [6.45, 7) is 4.23. The maximum absolute atomic E-state index is 11.8. The van der Waals surface area contributed by atoms with E-state index in [2.05, 4.69) is 17.6 Å². The fraction of sp³-hybridized carbons (Fsp3) is 0.929. The van der Waals surface area contributed by atoms with Crippen molar-refractivity contribution in [3.05, 3.63) is 0 Å². The summed E-state index contributed by atoms with van der Waals surface area (Å²) in [5, 5.41) is 6.54. The number of carbonyl (C=O) groups is 1. The van der Waals surface area contributed by atoms with E-state index in [9.17, 15) is 4.79 Å². The second kappa shape index (κ2) is 7.34. The number of hydrogen-bond acceptors (Lipinski definition) is 2. The van der Waals surface area contributed by atoms with Gasteiger partial charge >= 0.3 is 0 Å². The Morgan fingerprint density at radius 1 is 1.39 bits per heavy atom. The molecule has 18 heavy (non-hydrogen) atoms. The van der Waals surface area contributed by atoms with Gasteiger partial charge in [-0.1, -0.05) is 19.8 Å². The van der Waals surface area contributed by atoms with Crippen molar-refractivity contribution in [2.24, 2.45) is 5.41 Å². The highest BCUT2D eigenvalue weighted by molar-refractivity contribution is 5.85. The van der Waals surface area contributed by atoms with Gasteiger partial charge in [-0.3, -0.25) is 4.79 Å². The topological polar surface area (TPSA) is 41.1 Å². The molecule has 1 saturated carbocycles. The number of amides is 1. The van der Waals surface area contributed by atoms with Crippen molar-refractivity contribution in [3.63, 3.8) is 0 Å². The quantitative estimate of drug-likeness (QED) is 0.782. The van der Waals surface area contributed by atoms with Crippen LogP contribution in [0.4, 0.5) is 0 Å². The Morgan fingerprint density at radius 3 is 2.67 bits per heavy atom. The largest absolute Gasteiger partial charge is 0.355 e. The molecule has 0 aromatic rings. The first kappa shape index (κ1) is 15.8. The van der Waals surface area contributed by atoms with E-state index < -0.39 is 0 Å². The molecule has 106 valence electrons. The molecule has 0 spiro atoms. The van der Waals surface area contributed by atoms with Crippen molar-refractivity contribution in [2.45, 2.75) is 64.3 Å². The predicted molar refractivity (Wildman–Crippen MR) is 77.1 cm³/mol. The molecule has 1 atom stereocenters. The Morgan fingerprint density at radius 2 is 2.17 bits per heavy atom. The second-order valence-electron chi connectivity index (χ2n) is 5.88. The first-order valence-corrected chi connectivity index (χ1v) is 7.24. The van der Waals surface area contributed by atoms with E-state index in [4.69, 9.17) is 0 Å². The van der Waals surface area contributed by atoms with Crippen LogP contribution in [0.3, 0.4) is 0 Å². The summed E-state index contributed by atoms with van der Waals surface area (Å²) in [5.74, 6) is 0.242. The number of carbonyl (C=O) groups excluding carboxylic acids is 1. The monoisotopic (exact) mass is 274 g/mol. The molecule has 2 aliphatic rings. The van der Waals surface area contributed by atoms with Gasteiger partial charge in [-0.05, 0) is 44.1 Å². The summed E-state index contributed by atoms with van der Waals surface area (Å²) in [4.78, 5) is 11.8. The van der Waals surface area contributed by atoms with Crippen LogP contribution in [0.1, 0.15) is 58.3 Å². The Kier molecular flexibility index (Phi) is 6.44. The normalized spacial score (nSPS) is 25.1. The molecule has 1 aliphatic heterocycles. The van der Waals surface area contributed by atoms with Crippen LogP contribution < -0.4 is 10.6 Å². The van der Waals surface area contributed by atoms with E-state index in [0.29, 0.717) is 17.9 Å². The molecule has 1 amide bonds. The van der Waals surface area contributed by atoms with Crippen LogP contribution in [0, 0.1) is 5.41 Å². The van der Waals surface area contributed by atoms with Crippen LogP contribution in [0.15, 0.2) is 0 Å². The second-order valence-corrected chi connectivity index (χ2v) is 5.88. The Bertz CT molecular complexity index is 261. The van der Waals surface area contributed by atoms with E-state index in [0.717, 1.165) is 19.5 Å². The minimum atomic E-state index is 0. The minimum Gasteiger partial charge on any atom is -0.355 e.